The van der Waals surface area contributed by atoms with E-state index in [0.717, 1.165) is 12.8 Å². The van der Waals surface area contributed by atoms with E-state index in [9.17, 15) is 10.1 Å². The summed E-state index contributed by atoms with van der Waals surface area (Å²) in [7, 11) is 0. The van der Waals surface area contributed by atoms with Gasteiger partial charge in [0, 0.05) is 19.8 Å². The molecule has 1 fully saturated rings. The summed E-state index contributed by atoms with van der Waals surface area (Å²) >= 11 is 0. The fourth-order valence-corrected chi connectivity index (χ4v) is 2.74. The van der Waals surface area contributed by atoms with Crippen molar-refractivity contribution >= 4 is 5.91 Å². The van der Waals surface area contributed by atoms with Crippen LogP contribution in [-0.2, 0) is 9.53 Å². The van der Waals surface area contributed by atoms with Gasteiger partial charge < -0.3 is 10.1 Å². The van der Waals surface area contributed by atoms with Crippen LogP contribution >= 0.6 is 0 Å². The number of ether oxygens (including phenoxy) is 1. The molecule has 120 valence electrons. The summed E-state index contributed by atoms with van der Waals surface area (Å²) in [5, 5.41) is 12.2. The summed E-state index contributed by atoms with van der Waals surface area (Å²) in [6, 6.07) is 2.21. The molecule has 4 nitrogen and oxygen atoms in total. The highest BCUT2D eigenvalue weighted by Crippen LogP contribution is 2.29. The molecule has 0 bridgehead atoms. The molecule has 0 spiro atoms. The van der Waals surface area contributed by atoms with Gasteiger partial charge >= 0.3 is 0 Å². The number of hydrogen-bond donors (Lipinski definition) is 1. The third-order valence-corrected chi connectivity index (χ3v) is 4.31. The largest absolute Gasteiger partial charge is 0.381 e. The molecule has 1 N–H and O–H groups in total. The fraction of sp³-hybridized carbons (Fsp3) is 0.882. The molecule has 0 saturated carbocycles. The summed E-state index contributed by atoms with van der Waals surface area (Å²) < 4.78 is 5.24. The molecule has 1 heterocycles. The molecule has 1 saturated heterocycles. The van der Waals surface area contributed by atoms with E-state index in [1.54, 1.807) is 0 Å². The van der Waals surface area contributed by atoms with Gasteiger partial charge in [0.05, 0.1) is 6.07 Å². The Balaban J connectivity index is 2.06. The van der Waals surface area contributed by atoms with Gasteiger partial charge in [0.1, 0.15) is 5.41 Å². The SMILES string of the molecule is CCCCCCCCCCNC(=O)C1(C#N)CCOCC1. The predicted molar refractivity (Wildman–Crippen MR) is 83.7 cm³/mol. The molecule has 1 aliphatic heterocycles. The maximum Gasteiger partial charge on any atom is 0.240 e. The van der Waals surface area contributed by atoms with Crippen molar-refractivity contribution in [3.8, 4) is 6.07 Å². The molecule has 1 rings (SSSR count). The average Bonchev–Trinajstić information content (AvgIpc) is 2.53. The van der Waals surface area contributed by atoms with Gasteiger partial charge in [0.25, 0.3) is 0 Å². The van der Waals surface area contributed by atoms with Crippen LogP contribution in [0.15, 0.2) is 0 Å². The average molecular weight is 294 g/mol. The van der Waals surface area contributed by atoms with Crippen LogP contribution in [0.3, 0.4) is 0 Å². The molecule has 0 unspecified atom stereocenters. The second-order valence-corrected chi connectivity index (χ2v) is 6.04. The zero-order valence-corrected chi connectivity index (χ0v) is 13.5. The number of hydrogen-bond acceptors (Lipinski definition) is 3. The minimum atomic E-state index is -0.849. The number of amides is 1. The molecular formula is C17H30N2O2. The molecule has 0 radical (unpaired) electrons. The molecular weight excluding hydrogens is 264 g/mol. The van der Waals surface area contributed by atoms with E-state index in [4.69, 9.17) is 4.74 Å². The van der Waals surface area contributed by atoms with Gasteiger partial charge in [0.2, 0.25) is 5.91 Å². The smallest absolute Gasteiger partial charge is 0.240 e. The second-order valence-electron chi connectivity index (χ2n) is 6.04. The van der Waals surface area contributed by atoms with Gasteiger partial charge in [-0.25, -0.2) is 0 Å². The van der Waals surface area contributed by atoms with Crippen LogP contribution in [-0.4, -0.2) is 25.7 Å². The van der Waals surface area contributed by atoms with Gasteiger partial charge in [-0.05, 0) is 19.3 Å². The highest BCUT2D eigenvalue weighted by Gasteiger charge is 2.40. The van der Waals surface area contributed by atoms with Crippen LogP contribution in [0.25, 0.3) is 0 Å². The van der Waals surface area contributed by atoms with Crippen molar-refractivity contribution in [1.82, 2.24) is 5.32 Å². The van der Waals surface area contributed by atoms with Crippen LogP contribution in [0.2, 0.25) is 0 Å². The van der Waals surface area contributed by atoms with Gasteiger partial charge in [0.15, 0.2) is 0 Å². The lowest BCUT2D eigenvalue weighted by atomic mass is 9.81. The second kappa shape index (κ2) is 10.6. The lowest BCUT2D eigenvalue weighted by Crippen LogP contribution is -2.44. The highest BCUT2D eigenvalue weighted by atomic mass is 16.5. The monoisotopic (exact) mass is 294 g/mol. The summed E-state index contributed by atoms with van der Waals surface area (Å²) in [4.78, 5) is 12.2. The van der Waals surface area contributed by atoms with Gasteiger partial charge in [-0.1, -0.05) is 51.9 Å². The van der Waals surface area contributed by atoms with Crippen molar-refractivity contribution in [2.24, 2.45) is 5.41 Å². The fourth-order valence-electron chi connectivity index (χ4n) is 2.74. The maximum absolute atomic E-state index is 12.2. The molecule has 0 aromatic rings. The van der Waals surface area contributed by atoms with Gasteiger partial charge in [-0.3, -0.25) is 4.79 Å². The summed E-state index contributed by atoms with van der Waals surface area (Å²) in [6.07, 6.45) is 11.1. The van der Waals surface area contributed by atoms with Crippen molar-refractivity contribution in [3.05, 3.63) is 0 Å². The van der Waals surface area contributed by atoms with E-state index in [0.29, 0.717) is 32.6 Å². The summed E-state index contributed by atoms with van der Waals surface area (Å²) in [5.74, 6) is -0.101. The first kappa shape index (κ1) is 18.0. The highest BCUT2D eigenvalue weighted by molar-refractivity contribution is 5.85. The Kier molecular flexibility index (Phi) is 9.09. The van der Waals surface area contributed by atoms with E-state index in [1.807, 2.05) is 0 Å². The minimum absolute atomic E-state index is 0.101. The lowest BCUT2D eigenvalue weighted by molar-refractivity contribution is -0.132. The Bertz CT molecular complexity index is 330. The van der Waals surface area contributed by atoms with Crippen LogP contribution in [0.4, 0.5) is 0 Å². The first-order valence-corrected chi connectivity index (χ1v) is 8.52. The van der Waals surface area contributed by atoms with Crippen LogP contribution in [0.5, 0.6) is 0 Å². The number of rotatable bonds is 10. The minimum Gasteiger partial charge on any atom is -0.381 e. The third-order valence-electron chi connectivity index (χ3n) is 4.31. The summed E-state index contributed by atoms with van der Waals surface area (Å²) in [5.41, 5.74) is -0.849. The Morgan fingerprint density at radius 1 is 1.10 bits per heavy atom. The van der Waals surface area contributed by atoms with Gasteiger partial charge in [-0.15, -0.1) is 0 Å². The number of unbranched alkanes of at least 4 members (excludes halogenated alkanes) is 7. The van der Waals surface area contributed by atoms with Crippen molar-refractivity contribution in [3.63, 3.8) is 0 Å². The Labute approximate surface area is 129 Å². The quantitative estimate of drug-likeness (QED) is 0.627. The van der Waals surface area contributed by atoms with Crippen LogP contribution in [0.1, 0.15) is 71.1 Å². The lowest BCUT2D eigenvalue weighted by Gasteiger charge is -2.29. The third kappa shape index (κ3) is 6.48. The Hall–Kier alpha value is -1.08. The molecule has 0 aromatic heterocycles. The van der Waals surface area contributed by atoms with E-state index in [1.165, 1.54) is 38.5 Å². The predicted octanol–water partition coefficient (Wildman–Crippen LogP) is 3.56. The topological polar surface area (TPSA) is 62.1 Å². The summed E-state index contributed by atoms with van der Waals surface area (Å²) in [6.45, 7) is 3.95. The van der Waals surface area contributed by atoms with Crippen molar-refractivity contribution in [2.45, 2.75) is 71.1 Å². The zero-order chi connectivity index (χ0) is 15.4. The number of nitrogens with zero attached hydrogens (tertiary/aromatic N) is 1. The van der Waals surface area contributed by atoms with Crippen LogP contribution < -0.4 is 5.32 Å². The molecule has 0 aromatic carbocycles. The molecule has 1 amide bonds. The first-order chi connectivity index (χ1) is 10.2. The Morgan fingerprint density at radius 3 is 2.24 bits per heavy atom. The molecule has 0 atom stereocenters. The van der Waals surface area contributed by atoms with Gasteiger partial charge in [-0.2, -0.15) is 5.26 Å². The van der Waals surface area contributed by atoms with Crippen LogP contribution in [0, 0.1) is 16.7 Å². The Morgan fingerprint density at radius 2 is 1.67 bits per heavy atom. The van der Waals surface area contributed by atoms with E-state index in [-0.39, 0.29) is 5.91 Å². The number of carbonyl (C=O) groups excluding carboxylic acids is 1. The molecule has 1 aliphatic rings. The normalized spacial score (nSPS) is 17.1. The van der Waals surface area contributed by atoms with E-state index < -0.39 is 5.41 Å². The number of nitrogens with one attached hydrogen (secondary N) is 1. The van der Waals surface area contributed by atoms with Crippen molar-refractivity contribution < 1.29 is 9.53 Å². The van der Waals surface area contributed by atoms with Crippen molar-refractivity contribution in [1.29, 1.82) is 5.26 Å². The van der Waals surface area contributed by atoms with Crippen molar-refractivity contribution in [2.75, 3.05) is 19.8 Å². The first-order valence-electron chi connectivity index (χ1n) is 8.52. The zero-order valence-electron chi connectivity index (χ0n) is 13.5. The number of carbonyl (C=O) groups is 1. The maximum atomic E-state index is 12.2. The van der Waals surface area contributed by atoms with E-state index >= 15 is 0 Å². The molecule has 21 heavy (non-hydrogen) atoms. The number of nitriles is 1. The van der Waals surface area contributed by atoms with E-state index in [2.05, 4.69) is 18.3 Å². The molecule has 4 heteroatoms. The standard InChI is InChI=1S/C17H30N2O2/c1-2-3-4-5-6-7-8-9-12-19-16(20)17(15-18)10-13-21-14-11-17/h2-14H2,1H3,(H,19,20). The molecule has 0 aliphatic carbocycles.